The Balaban J connectivity index is 1.02. The maximum Gasteiger partial charge on any atom is 0.160 e. The Kier molecular flexibility index (Phi) is 7.45. The van der Waals surface area contributed by atoms with Crippen molar-refractivity contribution < 1.29 is 0 Å². The van der Waals surface area contributed by atoms with Crippen molar-refractivity contribution in [3.8, 4) is 67.5 Å². The Morgan fingerprint density at radius 3 is 1.02 bits per heavy atom. The zero-order valence-corrected chi connectivity index (χ0v) is 27.1. The van der Waals surface area contributed by atoms with E-state index in [1.54, 1.807) is 0 Å². The smallest absolute Gasteiger partial charge is 0.160 e. The minimum atomic E-state index is 0.701. The van der Waals surface area contributed by atoms with Crippen molar-refractivity contribution in [3.63, 3.8) is 0 Å². The summed E-state index contributed by atoms with van der Waals surface area (Å²) in [5.41, 5.74) is 13.0. The molecule has 6 aromatic carbocycles. The molecule has 0 aliphatic rings. The first-order valence-electron chi connectivity index (χ1n) is 16.7. The molecule has 50 heavy (non-hydrogen) atoms. The molecule has 0 unspecified atom stereocenters. The molecule has 0 bridgehead atoms. The van der Waals surface area contributed by atoms with E-state index < -0.39 is 0 Å². The third kappa shape index (κ3) is 5.69. The summed E-state index contributed by atoms with van der Waals surface area (Å²) in [7, 11) is 0. The molecule has 0 saturated carbocycles. The fraction of sp³-hybridized carbons (Fsp3) is 0. The molecule has 3 heterocycles. The lowest BCUT2D eigenvalue weighted by Gasteiger charge is -2.10. The van der Waals surface area contributed by atoms with E-state index in [0.29, 0.717) is 5.82 Å². The zero-order chi connectivity index (χ0) is 33.3. The Morgan fingerprint density at radius 2 is 0.580 bits per heavy atom. The molecule has 0 fully saturated rings. The SMILES string of the molecule is c1ccc(-c2cc(-c3ccccc3)nc(-c3ccc(-c4ccc(-c5ccc6ccc7ccc(-c8ccccc8)nc7c6n5)cc4)cc3)n2)cc1. The van der Waals surface area contributed by atoms with Gasteiger partial charge in [0.15, 0.2) is 5.82 Å². The Bertz CT molecular complexity index is 2540. The van der Waals surface area contributed by atoms with Crippen LogP contribution in [-0.4, -0.2) is 19.9 Å². The van der Waals surface area contributed by atoms with Gasteiger partial charge in [-0.3, -0.25) is 0 Å². The van der Waals surface area contributed by atoms with Gasteiger partial charge in [0.05, 0.1) is 33.8 Å². The quantitative estimate of drug-likeness (QED) is 0.170. The van der Waals surface area contributed by atoms with Crippen molar-refractivity contribution in [1.29, 1.82) is 0 Å². The van der Waals surface area contributed by atoms with Gasteiger partial charge in [-0.2, -0.15) is 0 Å². The zero-order valence-electron chi connectivity index (χ0n) is 27.1. The highest BCUT2D eigenvalue weighted by molar-refractivity contribution is 6.04. The maximum absolute atomic E-state index is 5.14. The number of rotatable bonds is 6. The van der Waals surface area contributed by atoms with E-state index in [2.05, 4.69) is 127 Å². The van der Waals surface area contributed by atoms with Crippen molar-refractivity contribution >= 4 is 21.8 Å². The minimum absolute atomic E-state index is 0.701. The fourth-order valence-corrected chi connectivity index (χ4v) is 6.43. The van der Waals surface area contributed by atoms with Crippen molar-refractivity contribution in [1.82, 2.24) is 19.9 Å². The maximum atomic E-state index is 5.14. The van der Waals surface area contributed by atoms with E-state index in [9.17, 15) is 0 Å². The standard InChI is InChI=1S/C46H30N4/c1-4-10-33(11-5-1)40-28-26-37-22-23-38-27-29-41(48-45(38)44(37)47-40)36-20-16-31(17-21-36)32-18-24-39(25-19-32)46-49-42(34-12-6-2-7-13-34)30-43(50-46)35-14-8-3-9-15-35/h1-30H. The monoisotopic (exact) mass is 638 g/mol. The van der Waals surface area contributed by atoms with Gasteiger partial charge in [0.1, 0.15) is 0 Å². The number of aromatic nitrogens is 4. The van der Waals surface area contributed by atoms with Gasteiger partial charge in [0.2, 0.25) is 0 Å². The van der Waals surface area contributed by atoms with Crippen LogP contribution in [0.15, 0.2) is 182 Å². The lowest BCUT2D eigenvalue weighted by Crippen LogP contribution is -1.95. The van der Waals surface area contributed by atoms with E-state index in [1.807, 2.05) is 54.6 Å². The van der Waals surface area contributed by atoms with Crippen molar-refractivity contribution in [2.45, 2.75) is 0 Å². The number of benzene rings is 6. The summed E-state index contributed by atoms with van der Waals surface area (Å²) < 4.78 is 0. The first-order chi connectivity index (χ1) is 24.7. The molecule has 0 radical (unpaired) electrons. The second-order valence-electron chi connectivity index (χ2n) is 12.3. The molecule has 0 aliphatic carbocycles. The molecule has 0 atom stereocenters. The van der Waals surface area contributed by atoms with Crippen LogP contribution in [0, 0.1) is 0 Å². The predicted octanol–water partition coefficient (Wildman–Crippen LogP) is 11.6. The van der Waals surface area contributed by atoms with Crippen LogP contribution in [0.1, 0.15) is 0 Å². The molecule has 0 saturated heterocycles. The Hall–Kier alpha value is -6.78. The highest BCUT2D eigenvalue weighted by atomic mass is 14.9. The summed E-state index contributed by atoms with van der Waals surface area (Å²) in [5.74, 6) is 0.701. The molecule has 0 amide bonds. The van der Waals surface area contributed by atoms with E-state index in [1.165, 1.54) is 0 Å². The molecular weight excluding hydrogens is 609 g/mol. The number of hydrogen-bond acceptors (Lipinski definition) is 4. The Labute approximate surface area is 290 Å². The third-order valence-corrected chi connectivity index (χ3v) is 9.11. The van der Waals surface area contributed by atoms with Gasteiger partial charge in [-0.15, -0.1) is 0 Å². The molecule has 234 valence electrons. The van der Waals surface area contributed by atoms with Gasteiger partial charge in [-0.1, -0.05) is 164 Å². The van der Waals surface area contributed by atoms with Crippen molar-refractivity contribution in [2.75, 3.05) is 0 Å². The second kappa shape index (κ2) is 12.7. The molecule has 0 aliphatic heterocycles. The number of pyridine rings is 2. The van der Waals surface area contributed by atoms with Gasteiger partial charge in [-0.05, 0) is 29.3 Å². The fourth-order valence-electron chi connectivity index (χ4n) is 6.43. The van der Waals surface area contributed by atoms with Crippen molar-refractivity contribution in [2.24, 2.45) is 0 Å². The first kappa shape index (κ1) is 29.4. The van der Waals surface area contributed by atoms with E-state index >= 15 is 0 Å². The molecule has 0 spiro atoms. The molecule has 3 aromatic heterocycles. The van der Waals surface area contributed by atoms with Crippen LogP contribution in [0.2, 0.25) is 0 Å². The van der Waals surface area contributed by atoms with Crippen LogP contribution >= 0.6 is 0 Å². The van der Waals surface area contributed by atoms with Gasteiger partial charge >= 0.3 is 0 Å². The average molecular weight is 639 g/mol. The van der Waals surface area contributed by atoms with E-state index in [-0.39, 0.29) is 0 Å². The van der Waals surface area contributed by atoms with Crippen LogP contribution in [0.25, 0.3) is 89.4 Å². The molecule has 4 nitrogen and oxygen atoms in total. The molecule has 9 aromatic rings. The summed E-state index contributed by atoms with van der Waals surface area (Å²) >= 11 is 0. The second-order valence-corrected chi connectivity index (χ2v) is 12.3. The highest BCUT2D eigenvalue weighted by Gasteiger charge is 2.12. The summed E-state index contributed by atoms with van der Waals surface area (Å²) in [6.45, 7) is 0. The van der Waals surface area contributed by atoms with Gasteiger partial charge in [-0.25, -0.2) is 19.9 Å². The van der Waals surface area contributed by atoms with Gasteiger partial charge < -0.3 is 0 Å². The summed E-state index contributed by atoms with van der Waals surface area (Å²) in [6, 6.07) is 62.7. The molecular formula is C46H30N4. The highest BCUT2D eigenvalue weighted by Crippen LogP contribution is 2.32. The van der Waals surface area contributed by atoms with E-state index in [0.717, 1.165) is 83.5 Å². The van der Waals surface area contributed by atoms with Gasteiger partial charge in [0.25, 0.3) is 0 Å². The summed E-state index contributed by atoms with van der Waals surface area (Å²) in [6.07, 6.45) is 0. The van der Waals surface area contributed by atoms with Crippen LogP contribution in [0.4, 0.5) is 0 Å². The van der Waals surface area contributed by atoms with Gasteiger partial charge in [0, 0.05) is 38.6 Å². The normalized spacial score (nSPS) is 11.2. The minimum Gasteiger partial charge on any atom is -0.245 e. The number of hydrogen-bond donors (Lipinski definition) is 0. The summed E-state index contributed by atoms with van der Waals surface area (Å²) in [5, 5.41) is 2.15. The van der Waals surface area contributed by atoms with Crippen LogP contribution in [0.3, 0.4) is 0 Å². The molecule has 9 rings (SSSR count). The van der Waals surface area contributed by atoms with Crippen LogP contribution in [0.5, 0.6) is 0 Å². The average Bonchev–Trinajstić information content (AvgIpc) is 3.21. The topological polar surface area (TPSA) is 51.6 Å². The third-order valence-electron chi connectivity index (χ3n) is 9.11. The summed E-state index contributed by atoms with van der Waals surface area (Å²) in [4.78, 5) is 20.2. The Morgan fingerprint density at radius 1 is 0.240 bits per heavy atom. The predicted molar refractivity (Wildman–Crippen MR) is 205 cm³/mol. The largest absolute Gasteiger partial charge is 0.245 e. The number of fused-ring (bicyclic) bond motifs is 3. The lowest BCUT2D eigenvalue weighted by molar-refractivity contribution is 1.18. The molecule has 4 heteroatoms. The molecule has 0 N–H and O–H groups in total. The first-order valence-corrected chi connectivity index (χ1v) is 16.7. The van der Waals surface area contributed by atoms with Crippen LogP contribution < -0.4 is 0 Å². The lowest BCUT2D eigenvalue weighted by atomic mass is 10.0. The number of nitrogens with zero attached hydrogens (tertiary/aromatic N) is 4. The van der Waals surface area contributed by atoms with Crippen LogP contribution in [-0.2, 0) is 0 Å². The van der Waals surface area contributed by atoms with E-state index in [4.69, 9.17) is 19.9 Å². The van der Waals surface area contributed by atoms with Crippen molar-refractivity contribution in [3.05, 3.63) is 182 Å².